The monoisotopic (exact) mass is 538 g/mol. The van der Waals surface area contributed by atoms with E-state index >= 15 is 0 Å². The van der Waals surface area contributed by atoms with E-state index in [0.29, 0.717) is 44.7 Å². The fourth-order valence-electron chi connectivity index (χ4n) is 4.12. The number of hydrogen-bond acceptors (Lipinski definition) is 8. The summed E-state index contributed by atoms with van der Waals surface area (Å²) in [5, 5.41) is 0. The Bertz CT molecular complexity index is 961. The van der Waals surface area contributed by atoms with Crippen LogP contribution in [-0.2, 0) is 19.7 Å². The van der Waals surface area contributed by atoms with E-state index in [2.05, 4.69) is 19.4 Å². The Morgan fingerprint density at radius 1 is 1.19 bits per heavy atom. The maximum atomic E-state index is 13.0. The molecule has 0 spiro atoms. The van der Waals surface area contributed by atoms with Gasteiger partial charge in [-0.25, -0.2) is 14.8 Å². The quantitative estimate of drug-likeness (QED) is 0.533. The first-order valence-electron chi connectivity index (χ1n) is 11.8. The Hall–Kier alpha value is -2.23. The molecule has 2 saturated heterocycles. The molecule has 11 nitrogen and oxygen atoms in total. The smallest absolute Gasteiger partial charge is 0.425 e. The van der Waals surface area contributed by atoms with Crippen LogP contribution in [0.5, 0.6) is 0 Å². The topological polar surface area (TPSA) is 117 Å². The molecule has 0 aromatic carbocycles. The van der Waals surface area contributed by atoms with Crippen LogP contribution < -0.4 is 9.62 Å². The number of carbonyl (C=O) groups is 1. The molecular weight excluding hydrogens is 505 g/mol. The zero-order valence-electron chi connectivity index (χ0n) is 20.5. The minimum Gasteiger partial charge on any atom is -0.437 e. The highest BCUT2D eigenvalue weighted by molar-refractivity contribution is 7.87. The van der Waals surface area contributed by atoms with Crippen molar-refractivity contribution in [2.45, 2.75) is 63.1 Å². The lowest BCUT2D eigenvalue weighted by Crippen LogP contribution is -2.60. The molecule has 2 aliphatic heterocycles. The summed E-state index contributed by atoms with van der Waals surface area (Å²) in [6.07, 6.45) is -2.93. The van der Waals surface area contributed by atoms with E-state index in [0.717, 1.165) is 16.1 Å². The lowest BCUT2D eigenvalue weighted by atomic mass is 9.97. The van der Waals surface area contributed by atoms with Crippen molar-refractivity contribution in [1.82, 2.24) is 23.9 Å². The molecule has 3 heterocycles. The molecule has 0 aliphatic carbocycles. The van der Waals surface area contributed by atoms with Gasteiger partial charge < -0.3 is 19.3 Å². The summed E-state index contributed by atoms with van der Waals surface area (Å²) in [6, 6.07) is 0.145. The molecule has 3 rings (SSSR count). The van der Waals surface area contributed by atoms with Gasteiger partial charge >= 0.3 is 12.3 Å². The van der Waals surface area contributed by atoms with Crippen LogP contribution in [0.25, 0.3) is 0 Å². The second kappa shape index (κ2) is 11.9. The lowest BCUT2D eigenvalue weighted by Gasteiger charge is -2.42. The van der Waals surface area contributed by atoms with Crippen LogP contribution >= 0.6 is 0 Å². The van der Waals surface area contributed by atoms with Crippen molar-refractivity contribution in [3.8, 4) is 0 Å². The molecule has 204 valence electrons. The van der Waals surface area contributed by atoms with E-state index < -0.39 is 40.7 Å². The van der Waals surface area contributed by atoms with Crippen LogP contribution in [-0.4, -0.2) is 104 Å². The van der Waals surface area contributed by atoms with Gasteiger partial charge in [-0.05, 0) is 38.7 Å². The molecule has 1 amide bonds. The fourth-order valence-corrected chi connectivity index (χ4v) is 4.99. The Morgan fingerprint density at radius 2 is 1.83 bits per heavy atom. The van der Waals surface area contributed by atoms with Gasteiger partial charge in [0.2, 0.25) is 5.95 Å². The number of rotatable bonds is 8. The first kappa shape index (κ1) is 28.3. The van der Waals surface area contributed by atoms with Gasteiger partial charge in [0.05, 0.1) is 18.8 Å². The second-order valence-electron chi connectivity index (χ2n) is 9.05. The number of anilines is 1. The van der Waals surface area contributed by atoms with E-state index in [1.165, 1.54) is 14.1 Å². The van der Waals surface area contributed by atoms with E-state index in [4.69, 9.17) is 4.74 Å². The molecule has 3 atom stereocenters. The van der Waals surface area contributed by atoms with Crippen molar-refractivity contribution in [2.24, 2.45) is 0 Å². The molecule has 2 aliphatic rings. The highest BCUT2D eigenvalue weighted by Gasteiger charge is 2.43. The Kier molecular flexibility index (Phi) is 9.35. The average Bonchev–Trinajstić information content (AvgIpc) is 2.83. The van der Waals surface area contributed by atoms with Crippen LogP contribution in [0.1, 0.15) is 32.6 Å². The molecule has 1 unspecified atom stereocenters. The third kappa shape index (κ3) is 7.40. The number of aromatic nitrogens is 2. The van der Waals surface area contributed by atoms with Crippen LogP contribution in [0, 0.1) is 0 Å². The third-order valence-electron chi connectivity index (χ3n) is 6.31. The van der Waals surface area contributed by atoms with Crippen molar-refractivity contribution in [3.63, 3.8) is 0 Å². The molecule has 0 bridgehead atoms. The number of amides is 1. The van der Waals surface area contributed by atoms with Crippen molar-refractivity contribution < 1.29 is 35.9 Å². The molecule has 15 heteroatoms. The van der Waals surface area contributed by atoms with Crippen LogP contribution in [0.15, 0.2) is 18.5 Å². The van der Waals surface area contributed by atoms with Gasteiger partial charge in [-0.15, -0.1) is 0 Å². The van der Waals surface area contributed by atoms with E-state index in [9.17, 15) is 26.4 Å². The van der Waals surface area contributed by atoms with Crippen molar-refractivity contribution in [1.29, 1.82) is 0 Å². The van der Waals surface area contributed by atoms with Crippen molar-refractivity contribution >= 4 is 22.3 Å². The molecule has 0 saturated carbocycles. The maximum absolute atomic E-state index is 13.0. The van der Waals surface area contributed by atoms with Crippen LogP contribution in [0.4, 0.5) is 23.9 Å². The van der Waals surface area contributed by atoms with Gasteiger partial charge in [-0.1, -0.05) is 0 Å². The van der Waals surface area contributed by atoms with E-state index in [-0.39, 0.29) is 19.3 Å². The van der Waals surface area contributed by atoms with Crippen LogP contribution in [0.3, 0.4) is 0 Å². The normalized spacial score (nSPS) is 23.1. The average molecular weight is 539 g/mol. The van der Waals surface area contributed by atoms with E-state index in [1.54, 1.807) is 18.5 Å². The fraction of sp³-hybridized carbons (Fsp3) is 0.762. The zero-order chi connectivity index (χ0) is 26.5. The van der Waals surface area contributed by atoms with Gasteiger partial charge in [0.1, 0.15) is 0 Å². The summed E-state index contributed by atoms with van der Waals surface area (Å²) in [6.45, 7) is 2.11. The predicted molar refractivity (Wildman–Crippen MR) is 124 cm³/mol. The lowest BCUT2D eigenvalue weighted by molar-refractivity contribution is -0.200. The number of alkyl halides is 3. The van der Waals surface area contributed by atoms with Gasteiger partial charge in [0.15, 0.2) is 6.10 Å². The summed E-state index contributed by atoms with van der Waals surface area (Å²) >= 11 is 0. The number of piperidine rings is 2. The highest BCUT2D eigenvalue weighted by Crippen LogP contribution is 2.26. The maximum Gasteiger partial charge on any atom is 0.425 e. The molecule has 1 N–H and O–H groups in total. The Balaban J connectivity index is 1.68. The standard InChI is InChI=1S/C21H33F3N6O5S/c1-15(21(22,23)24)35-20(31)30-11-4-6-17(27-36(32,33)28(2)3)18(30)14-34-16-7-12-29(13-8-16)19-25-9-5-10-26-19/h5,9-10,15-18,27H,4,6-8,11-14H2,1-3H3/t15?,17-,18-/m0/s1. The number of halogens is 3. The summed E-state index contributed by atoms with van der Waals surface area (Å²) < 4.78 is 78.2. The molecule has 1 aromatic heterocycles. The minimum atomic E-state index is -4.71. The first-order chi connectivity index (χ1) is 16.9. The van der Waals surface area contributed by atoms with Gasteiger partial charge in [0, 0.05) is 52.2 Å². The SMILES string of the molecule is CC(OC(=O)N1CCC[C@H](NS(=O)(=O)N(C)C)[C@@H]1COC1CCN(c2ncccn2)CC1)C(F)(F)F. The van der Waals surface area contributed by atoms with E-state index in [1.807, 2.05) is 4.90 Å². The molecular formula is C21H33F3N6O5S. The summed E-state index contributed by atoms with van der Waals surface area (Å²) in [7, 11) is -1.14. The summed E-state index contributed by atoms with van der Waals surface area (Å²) in [5.74, 6) is 0.620. The number of carbonyl (C=O) groups excluding carboxylic acids is 1. The predicted octanol–water partition coefficient (Wildman–Crippen LogP) is 1.78. The number of likely N-dealkylation sites (tertiary alicyclic amines) is 1. The Labute approximate surface area is 209 Å². The second-order valence-corrected chi connectivity index (χ2v) is 11.0. The molecule has 36 heavy (non-hydrogen) atoms. The molecule has 2 fully saturated rings. The molecule has 0 radical (unpaired) electrons. The first-order valence-corrected chi connectivity index (χ1v) is 13.2. The molecule has 1 aromatic rings. The van der Waals surface area contributed by atoms with Crippen molar-refractivity contribution in [3.05, 3.63) is 18.5 Å². The minimum absolute atomic E-state index is 0.0530. The summed E-state index contributed by atoms with van der Waals surface area (Å²) in [5.41, 5.74) is 0. The van der Waals surface area contributed by atoms with Gasteiger partial charge in [-0.3, -0.25) is 0 Å². The van der Waals surface area contributed by atoms with Gasteiger partial charge in [0.25, 0.3) is 10.2 Å². The van der Waals surface area contributed by atoms with Crippen molar-refractivity contribution in [2.75, 3.05) is 45.2 Å². The third-order valence-corrected chi connectivity index (χ3v) is 7.87. The highest BCUT2D eigenvalue weighted by atomic mass is 32.2. The largest absolute Gasteiger partial charge is 0.437 e. The van der Waals surface area contributed by atoms with Gasteiger partial charge in [-0.2, -0.15) is 30.6 Å². The Morgan fingerprint density at radius 3 is 2.42 bits per heavy atom. The number of nitrogens with one attached hydrogen (secondary N) is 1. The number of nitrogens with zero attached hydrogens (tertiary/aromatic N) is 5. The zero-order valence-corrected chi connectivity index (χ0v) is 21.3. The number of hydrogen-bond donors (Lipinski definition) is 1. The number of ether oxygens (including phenoxy) is 2. The van der Waals surface area contributed by atoms with Crippen LogP contribution in [0.2, 0.25) is 0 Å². The summed E-state index contributed by atoms with van der Waals surface area (Å²) in [4.78, 5) is 24.4.